The summed E-state index contributed by atoms with van der Waals surface area (Å²) in [6.45, 7) is 4.09. The molecule has 9 nitrogen and oxygen atoms in total. The molecule has 4 aromatic rings. The second-order valence-corrected chi connectivity index (χ2v) is 11.2. The fourth-order valence-electron chi connectivity index (χ4n) is 4.46. The average molecular weight is 533 g/mol. The van der Waals surface area contributed by atoms with Crippen molar-refractivity contribution in [1.29, 1.82) is 0 Å². The van der Waals surface area contributed by atoms with Crippen molar-refractivity contribution in [3.8, 4) is 11.3 Å². The van der Waals surface area contributed by atoms with Crippen LogP contribution < -0.4 is 5.32 Å². The molecule has 1 N–H and O–H groups in total. The van der Waals surface area contributed by atoms with Gasteiger partial charge in [0.05, 0.1) is 6.20 Å². The van der Waals surface area contributed by atoms with Crippen molar-refractivity contribution in [3.05, 3.63) is 83.4 Å². The van der Waals surface area contributed by atoms with Crippen molar-refractivity contribution in [2.24, 2.45) is 5.92 Å². The number of aromatic nitrogens is 2. The number of carbonyl (C=O) groups excluding carboxylic acids is 1. The molecule has 0 radical (unpaired) electrons. The summed E-state index contributed by atoms with van der Waals surface area (Å²) >= 11 is 0. The van der Waals surface area contributed by atoms with E-state index in [-0.39, 0.29) is 35.6 Å². The van der Waals surface area contributed by atoms with E-state index in [2.05, 4.69) is 15.6 Å². The summed E-state index contributed by atoms with van der Waals surface area (Å²) in [5, 5.41) is 10.5. The van der Waals surface area contributed by atoms with Crippen LogP contribution >= 0.6 is 0 Å². The Hall–Kier alpha value is -4.02. The lowest BCUT2D eigenvalue weighted by Gasteiger charge is -2.30. The molecule has 1 aliphatic heterocycles. The van der Waals surface area contributed by atoms with Gasteiger partial charge in [-0.1, -0.05) is 46.2 Å². The molecule has 0 unspecified atom stereocenters. The molecule has 1 aliphatic rings. The molecule has 5 rings (SSSR count). The zero-order chi connectivity index (χ0) is 26.7. The topological polar surface area (TPSA) is 119 Å². The third-order valence-corrected chi connectivity index (χ3v) is 8.69. The quantitative estimate of drug-likeness (QED) is 0.349. The van der Waals surface area contributed by atoms with Crippen molar-refractivity contribution < 1.29 is 22.3 Å². The minimum atomic E-state index is -3.85. The molecule has 0 aliphatic carbocycles. The third-order valence-electron chi connectivity index (χ3n) is 6.64. The van der Waals surface area contributed by atoms with Gasteiger partial charge in [0.1, 0.15) is 5.69 Å². The molecule has 0 atom stereocenters. The van der Waals surface area contributed by atoms with Crippen LogP contribution in [0.25, 0.3) is 23.5 Å². The molecule has 2 aromatic heterocycles. The number of piperidine rings is 1. The molecule has 1 saturated heterocycles. The Balaban J connectivity index is 1.22. The highest BCUT2D eigenvalue weighted by atomic mass is 32.2. The van der Waals surface area contributed by atoms with E-state index in [0.29, 0.717) is 30.0 Å². The number of anilines is 1. The summed E-state index contributed by atoms with van der Waals surface area (Å²) < 4.78 is 39.0. The van der Waals surface area contributed by atoms with Crippen LogP contribution in [0.2, 0.25) is 0 Å². The van der Waals surface area contributed by atoms with Crippen LogP contribution in [0.15, 0.2) is 74.7 Å². The van der Waals surface area contributed by atoms with Gasteiger partial charge in [-0.05, 0) is 62.6 Å². The molecule has 2 aromatic carbocycles. The first-order chi connectivity index (χ1) is 18.3. The summed E-state index contributed by atoms with van der Waals surface area (Å²) in [5.74, 6) is 0.419. The van der Waals surface area contributed by atoms with E-state index in [1.165, 1.54) is 4.31 Å². The van der Waals surface area contributed by atoms with E-state index in [0.717, 1.165) is 16.7 Å². The van der Waals surface area contributed by atoms with Crippen LogP contribution in [-0.2, 0) is 14.8 Å². The highest BCUT2D eigenvalue weighted by Gasteiger charge is 2.36. The number of sulfonamides is 1. The largest absolute Gasteiger partial charge is 0.356 e. The molecular weight excluding hydrogens is 504 g/mol. The third kappa shape index (κ3) is 5.46. The van der Waals surface area contributed by atoms with Crippen molar-refractivity contribution >= 4 is 33.8 Å². The first kappa shape index (κ1) is 25.6. The Morgan fingerprint density at radius 2 is 1.68 bits per heavy atom. The minimum Gasteiger partial charge on any atom is -0.356 e. The average Bonchev–Trinajstić information content (AvgIpc) is 3.59. The van der Waals surface area contributed by atoms with E-state index >= 15 is 0 Å². The normalized spacial score (nSPS) is 15.2. The number of amides is 1. The van der Waals surface area contributed by atoms with E-state index in [1.807, 2.05) is 43.3 Å². The lowest BCUT2D eigenvalue weighted by atomic mass is 9.97. The zero-order valence-corrected chi connectivity index (χ0v) is 21.9. The minimum absolute atomic E-state index is 0.0654. The summed E-state index contributed by atoms with van der Waals surface area (Å²) in [7, 11) is -3.85. The predicted octanol–water partition coefficient (Wildman–Crippen LogP) is 5.16. The van der Waals surface area contributed by atoms with Gasteiger partial charge in [-0.2, -0.15) is 4.31 Å². The van der Waals surface area contributed by atoms with Crippen LogP contribution in [0.4, 0.5) is 5.69 Å². The van der Waals surface area contributed by atoms with Gasteiger partial charge in [-0.15, -0.1) is 0 Å². The van der Waals surface area contributed by atoms with E-state index in [1.54, 1.807) is 43.5 Å². The first-order valence-corrected chi connectivity index (χ1v) is 13.8. The van der Waals surface area contributed by atoms with E-state index in [4.69, 9.17) is 9.05 Å². The lowest BCUT2D eigenvalue weighted by molar-refractivity contribution is -0.120. The van der Waals surface area contributed by atoms with Gasteiger partial charge in [0, 0.05) is 36.3 Å². The summed E-state index contributed by atoms with van der Waals surface area (Å²) in [6, 6.07) is 16.9. The Morgan fingerprint density at radius 3 is 2.34 bits per heavy atom. The Kier molecular flexibility index (Phi) is 7.26. The SMILES string of the molecule is Cc1ccc(/C=C/c2onc(C)c2S(=O)(=O)N2CCC(C(=O)Nc3ccc(-c4ccno4)cc3)CC2)cc1. The van der Waals surface area contributed by atoms with Gasteiger partial charge < -0.3 is 14.4 Å². The van der Waals surface area contributed by atoms with Gasteiger partial charge in [0.15, 0.2) is 16.4 Å². The van der Waals surface area contributed by atoms with Crippen LogP contribution in [0, 0.1) is 19.8 Å². The van der Waals surface area contributed by atoms with E-state index in [9.17, 15) is 13.2 Å². The van der Waals surface area contributed by atoms with Crippen molar-refractivity contribution in [1.82, 2.24) is 14.6 Å². The van der Waals surface area contributed by atoms with Crippen LogP contribution in [-0.4, -0.2) is 42.0 Å². The molecule has 0 saturated carbocycles. The molecule has 3 heterocycles. The Morgan fingerprint density at radius 1 is 0.974 bits per heavy atom. The standard InChI is InChI=1S/C28H28N4O5S/c1-19-3-5-21(6-4-19)7-12-26-27(20(2)31-37-26)38(34,35)32-17-14-23(15-18-32)28(33)30-24-10-8-22(9-11-24)25-13-16-29-36-25/h3-13,16,23H,14-15,17-18H2,1-2H3,(H,30,33)/b12-7+. The van der Waals surface area contributed by atoms with Crippen molar-refractivity contribution in [2.45, 2.75) is 31.6 Å². The zero-order valence-electron chi connectivity index (χ0n) is 21.1. The predicted molar refractivity (Wildman–Crippen MR) is 143 cm³/mol. The van der Waals surface area contributed by atoms with Gasteiger partial charge in [-0.25, -0.2) is 8.42 Å². The molecule has 0 spiro atoms. The number of carbonyl (C=O) groups is 1. The number of hydrogen-bond donors (Lipinski definition) is 1. The number of nitrogens with zero attached hydrogens (tertiary/aromatic N) is 3. The lowest BCUT2D eigenvalue weighted by Crippen LogP contribution is -2.41. The van der Waals surface area contributed by atoms with Crippen molar-refractivity contribution in [2.75, 3.05) is 18.4 Å². The molecule has 196 valence electrons. The second-order valence-electron chi connectivity index (χ2n) is 9.33. The van der Waals surface area contributed by atoms with Gasteiger partial charge in [0.25, 0.3) is 0 Å². The number of benzene rings is 2. The van der Waals surface area contributed by atoms with Crippen molar-refractivity contribution in [3.63, 3.8) is 0 Å². The maximum atomic E-state index is 13.5. The summed E-state index contributed by atoms with van der Waals surface area (Å²) in [4.78, 5) is 12.9. The maximum absolute atomic E-state index is 13.5. The van der Waals surface area contributed by atoms with Gasteiger partial charge in [0.2, 0.25) is 15.9 Å². The fraction of sp³-hybridized carbons (Fsp3) is 0.250. The monoisotopic (exact) mass is 532 g/mol. The van der Waals surface area contributed by atoms with Gasteiger partial charge >= 0.3 is 0 Å². The second kappa shape index (κ2) is 10.8. The Bertz CT molecular complexity index is 1530. The maximum Gasteiger partial charge on any atom is 0.248 e. The fourth-order valence-corrected chi connectivity index (χ4v) is 6.18. The first-order valence-electron chi connectivity index (χ1n) is 12.3. The smallest absolute Gasteiger partial charge is 0.248 e. The molecule has 38 heavy (non-hydrogen) atoms. The number of hydrogen-bond acceptors (Lipinski definition) is 7. The molecule has 0 bridgehead atoms. The van der Waals surface area contributed by atoms with Crippen LogP contribution in [0.3, 0.4) is 0 Å². The van der Waals surface area contributed by atoms with Gasteiger partial charge in [-0.3, -0.25) is 4.79 Å². The Labute approximate surface area is 221 Å². The summed E-state index contributed by atoms with van der Waals surface area (Å²) in [5.41, 5.74) is 3.89. The van der Waals surface area contributed by atoms with E-state index < -0.39 is 10.0 Å². The van der Waals surface area contributed by atoms with Crippen LogP contribution in [0.5, 0.6) is 0 Å². The molecule has 10 heteroatoms. The number of rotatable bonds is 7. The van der Waals surface area contributed by atoms with Crippen LogP contribution in [0.1, 0.15) is 35.4 Å². The highest BCUT2D eigenvalue weighted by Crippen LogP contribution is 2.30. The summed E-state index contributed by atoms with van der Waals surface area (Å²) in [6.07, 6.45) is 5.84. The number of aryl methyl sites for hydroxylation is 2. The highest BCUT2D eigenvalue weighted by molar-refractivity contribution is 7.89. The molecule has 1 fully saturated rings. The molecular formula is C28H28N4O5S. The number of nitrogens with one attached hydrogen (secondary N) is 1. The molecule has 1 amide bonds.